The highest BCUT2D eigenvalue weighted by molar-refractivity contribution is 5.80. The molecule has 0 saturated heterocycles. The zero-order valence-corrected chi connectivity index (χ0v) is 11.5. The molecule has 4 heteroatoms. The minimum Gasteiger partial charge on any atom is -0.491 e. The fourth-order valence-electron chi connectivity index (χ4n) is 1.61. The Balaban J connectivity index is 1.92. The molecule has 104 valence electrons. The third-order valence-electron chi connectivity index (χ3n) is 2.50. The SMILES string of the molecule is CC(C)Oc1ccc(/C=N/Nc2ccc(F)cc2)cc1. The molecule has 0 fully saturated rings. The highest BCUT2D eigenvalue weighted by Gasteiger charge is 1.96. The number of hydrogen-bond donors (Lipinski definition) is 1. The van der Waals surface area contributed by atoms with Crippen LogP contribution in [0.4, 0.5) is 10.1 Å². The first-order valence-corrected chi connectivity index (χ1v) is 6.45. The molecule has 2 aromatic rings. The zero-order chi connectivity index (χ0) is 14.4. The standard InChI is InChI=1S/C16H17FN2O/c1-12(2)20-16-9-3-13(4-10-16)11-18-19-15-7-5-14(17)6-8-15/h3-12,19H,1-2H3/b18-11+. The second kappa shape index (κ2) is 6.70. The molecule has 0 radical (unpaired) electrons. The summed E-state index contributed by atoms with van der Waals surface area (Å²) in [6.45, 7) is 3.98. The van der Waals surface area contributed by atoms with Gasteiger partial charge in [0.15, 0.2) is 0 Å². The van der Waals surface area contributed by atoms with E-state index in [1.807, 2.05) is 38.1 Å². The van der Waals surface area contributed by atoms with Crippen LogP contribution in [-0.4, -0.2) is 12.3 Å². The van der Waals surface area contributed by atoms with Crippen LogP contribution in [0, 0.1) is 5.82 Å². The molecule has 0 aliphatic heterocycles. The summed E-state index contributed by atoms with van der Waals surface area (Å²) in [5, 5.41) is 4.09. The average Bonchev–Trinajstić information content (AvgIpc) is 2.42. The van der Waals surface area contributed by atoms with Crippen molar-refractivity contribution in [1.29, 1.82) is 0 Å². The largest absolute Gasteiger partial charge is 0.491 e. The molecule has 2 aromatic carbocycles. The number of ether oxygens (including phenoxy) is 1. The summed E-state index contributed by atoms with van der Waals surface area (Å²) < 4.78 is 18.3. The lowest BCUT2D eigenvalue weighted by molar-refractivity contribution is 0.242. The first-order valence-electron chi connectivity index (χ1n) is 6.45. The first-order chi connectivity index (χ1) is 9.63. The van der Waals surface area contributed by atoms with Gasteiger partial charge in [-0.25, -0.2) is 4.39 Å². The van der Waals surface area contributed by atoms with Gasteiger partial charge in [0.1, 0.15) is 11.6 Å². The lowest BCUT2D eigenvalue weighted by Crippen LogP contribution is -2.05. The number of rotatable bonds is 5. The van der Waals surface area contributed by atoms with E-state index >= 15 is 0 Å². The normalized spacial score (nSPS) is 11.0. The third kappa shape index (κ3) is 4.39. The maximum atomic E-state index is 12.7. The Bertz CT molecular complexity index is 562. The van der Waals surface area contributed by atoms with E-state index in [4.69, 9.17) is 4.74 Å². The fraction of sp³-hybridized carbons (Fsp3) is 0.188. The van der Waals surface area contributed by atoms with E-state index in [1.54, 1.807) is 18.3 Å². The Morgan fingerprint density at radius 1 is 1.05 bits per heavy atom. The Kier molecular flexibility index (Phi) is 4.71. The molecule has 0 heterocycles. The van der Waals surface area contributed by atoms with E-state index in [0.29, 0.717) is 0 Å². The maximum Gasteiger partial charge on any atom is 0.123 e. The fourth-order valence-corrected chi connectivity index (χ4v) is 1.61. The van der Waals surface area contributed by atoms with Crippen LogP contribution >= 0.6 is 0 Å². The van der Waals surface area contributed by atoms with Crippen molar-refractivity contribution in [2.45, 2.75) is 20.0 Å². The smallest absolute Gasteiger partial charge is 0.123 e. The Labute approximate surface area is 118 Å². The van der Waals surface area contributed by atoms with Crippen LogP contribution in [0.25, 0.3) is 0 Å². The van der Waals surface area contributed by atoms with Gasteiger partial charge in [-0.2, -0.15) is 5.10 Å². The minimum atomic E-state index is -0.264. The molecule has 0 amide bonds. The molecule has 0 unspecified atom stereocenters. The van der Waals surface area contributed by atoms with Crippen molar-refractivity contribution < 1.29 is 9.13 Å². The number of nitrogens with one attached hydrogen (secondary N) is 1. The summed E-state index contributed by atoms with van der Waals surface area (Å²) in [6, 6.07) is 13.7. The molecule has 0 aliphatic rings. The summed E-state index contributed by atoms with van der Waals surface area (Å²) in [7, 11) is 0. The number of benzene rings is 2. The van der Waals surface area contributed by atoms with Crippen LogP contribution < -0.4 is 10.2 Å². The number of hydrazone groups is 1. The molecular weight excluding hydrogens is 255 g/mol. The van der Waals surface area contributed by atoms with E-state index in [-0.39, 0.29) is 11.9 Å². The molecule has 1 N–H and O–H groups in total. The quantitative estimate of drug-likeness (QED) is 0.658. The number of nitrogens with zero attached hydrogens (tertiary/aromatic N) is 1. The summed E-state index contributed by atoms with van der Waals surface area (Å²) in [5.74, 6) is 0.573. The van der Waals surface area contributed by atoms with Gasteiger partial charge in [0.2, 0.25) is 0 Å². The van der Waals surface area contributed by atoms with Gasteiger partial charge in [0.25, 0.3) is 0 Å². The van der Waals surface area contributed by atoms with Crippen LogP contribution in [0.3, 0.4) is 0 Å². The van der Waals surface area contributed by atoms with Crippen molar-refractivity contribution in [3.63, 3.8) is 0 Å². The van der Waals surface area contributed by atoms with Crippen LogP contribution in [0.5, 0.6) is 5.75 Å². The Morgan fingerprint density at radius 2 is 1.70 bits per heavy atom. The topological polar surface area (TPSA) is 33.6 Å². The van der Waals surface area contributed by atoms with Gasteiger partial charge in [-0.05, 0) is 67.9 Å². The van der Waals surface area contributed by atoms with Gasteiger partial charge in [0, 0.05) is 0 Å². The number of hydrogen-bond acceptors (Lipinski definition) is 3. The summed E-state index contributed by atoms with van der Waals surface area (Å²) in [5.41, 5.74) is 4.53. The summed E-state index contributed by atoms with van der Waals surface area (Å²) in [6.07, 6.45) is 1.86. The molecule has 3 nitrogen and oxygen atoms in total. The van der Waals surface area contributed by atoms with Crippen molar-refractivity contribution in [3.05, 3.63) is 59.9 Å². The predicted octanol–water partition coefficient (Wildman–Crippen LogP) is 4.06. The van der Waals surface area contributed by atoms with Crippen molar-refractivity contribution >= 4 is 11.9 Å². The lowest BCUT2D eigenvalue weighted by Gasteiger charge is -2.09. The molecule has 0 aromatic heterocycles. The van der Waals surface area contributed by atoms with Gasteiger partial charge in [-0.3, -0.25) is 5.43 Å². The average molecular weight is 272 g/mol. The van der Waals surface area contributed by atoms with Crippen molar-refractivity contribution in [1.82, 2.24) is 0 Å². The van der Waals surface area contributed by atoms with Crippen LogP contribution in [-0.2, 0) is 0 Å². The van der Waals surface area contributed by atoms with Gasteiger partial charge >= 0.3 is 0 Å². The highest BCUT2D eigenvalue weighted by atomic mass is 19.1. The molecular formula is C16H17FN2O. The Morgan fingerprint density at radius 3 is 2.30 bits per heavy atom. The predicted molar refractivity (Wildman–Crippen MR) is 79.8 cm³/mol. The third-order valence-corrected chi connectivity index (χ3v) is 2.50. The number of halogens is 1. The Hall–Kier alpha value is -2.36. The zero-order valence-electron chi connectivity index (χ0n) is 11.5. The van der Waals surface area contributed by atoms with Gasteiger partial charge in [0.05, 0.1) is 18.0 Å². The van der Waals surface area contributed by atoms with Crippen molar-refractivity contribution in [3.8, 4) is 5.75 Å². The van der Waals surface area contributed by atoms with E-state index in [0.717, 1.165) is 17.0 Å². The second-order valence-electron chi connectivity index (χ2n) is 4.61. The summed E-state index contributed by atoms with van der Waals surface area (Å²) in [4.78, 5) is 0. The molecule has 2 rings (SSSR count). The van der Waals surface area contributed by atoms with E-state index < -0.39 is 0 Å². The molecule has 0 aliphatic carbocycles. The lowest BCUT2D eigenvalue weighted by atomic mass is 10.2. The number of anilines is 1. The van der Waals surface area contributed by atoms with Crippen LogP contribution in [0.15, 0.2) is 53.6 Å². The van der Waals surface area contributed by atoms with Crippen LogP contribution in [0.1, 0.15) is 19.4 Å². The van der Waals surface area contributed by atoms with Gasteiger partial charge in [-0.15, -0.1) is 0 Å². The first kappa shape index (κ1) is 14.1. The molecule has 0 atom stereocenters. The van der Waals surface area contributed by atoms with Crippen LogP contribution in [0.2, 0.25) is 0 Å². The van der Waals surface area contributed by atoms with E-state index in [2.05, 4.69) is 10.5 Å². The van der Waals surface area contributed by atoms with E-state index in [1.165, 1.54) is 12.1 Å². The van der Waals surface area contributed by atoms with E-state index in [9.17, 15) is 4.39 Å². The van der Waals surface area contributed by atoms with Gasteiger partial charge in [-0.1, -0.05) is 0 Å². The van der Waals surface area contributed by atoms with Gasteiger partial charge < -0.3 is 4.74 Å². The molecule has 0 spiro atoms. The maximum absolute atomic E-state index is 12.7. The molecule has 0 saturated carbocycles. The minimum absolute atomic E-state index is 0.162. The highest BCUT2D eigenvalue weighted by Crippen LogP contribution is 2.13. The monoisotopic (exact) mass is 272 g/mol. The second-order valence-corrected chi connectivity index (χ2v) is 4.61. The molecule has 0 bridgehead atoms. The summed E-state index contributed by atoms with van der Waals surface area (Å²) >= 11 is 0. The van der Waals surface area contributed by atoms with Crippen molar-refractivity contribution in [2.24, 2.45) is 5.10 Å². The van der Waals surface area contributed by atoms with Crippen molar-refractivity contribution in [2.75, 3.05) is 5.43 Å². The molecule has 20 heavy (non-hydrogen) atoms.